The van der Waals surface area contributed by atoms with Crippen LogP contribution in [0.1, 0.15) is 43.6 Å². The minimum atomic E-state index is -0.230. The summed E-state index contributed by atoms with van der Waals surface area (Å²) in [4.78, 5) is 26.4. The molecule has 6 heteroatoms. The monoisotopic (exact) mass is 347 g/mol. The second-order valence-electron chi connectivity index (χ2n) is 7.03. The van der Waals surface area contributed by atoms with Gasteiger partial charge in [-0.15, -0.1) is 0 Å². The topological polar surface area (TPSA) is 84.7 Å². The lowest BCUT2D eigenvalue weighted by atomic mass is 10.0. The van der Waals surface area contributed by atoms with Crippen LogP contribution < -0.4 is 11.1 Å². The van der Waals surface area contributed by atoms with Crippen LogP contribution in [0.25, 0.3) is 0 Å². The zero-order chi connectivity index (χ0) is 18.6. The molecule has 0 saturated carbocycles. The zero-order valence-electron chi connectivity index (χ0n) is 15.5. The molecule has 4 atom stereocenters. The zero-order valence-corrected chi connectivity index (χ0v) is 15.5. The van der Waals surface area contributed by atoms with Crippen LogP contribution in [0.5, 0.6) is 0 Å². The van der Waals surface area contributed by atoms with Crippen molar-refractivity contribution in [3.8, 4) is 0 Å². The maximum atomic E-state index is 12.6. The summed E-state index contributed by atoms with van der Waals surface area (Å²) >= 11 is 0. The molecule has 0 spiro atoms. The van der Waals surface area contributed by atoms with Gasteiger partial charge >= 0.3 is 0 Å². The first-order valence-electron chi connectivity index (χ1n) is 8.85. The Labute approximate surface area is 149 Å². The van der Waals surface area contributed by atoms with Gasteiger partial charge in [0, 0.05) is 37.2 Å². The number of carbonyl (C=O) groups is 2. The number of amides is 2. The maximum absolute atomic E-state index is 12.6. The summed E-state index contributed by atoms with van der Waals surface area (Å²) in [6, 6.07) is 7.18. The average molecular weight is 347 g/mol. The summed E-state index contributed by atoms with van der Waals surface area (Å²) in [7, 11) is 0. The Morgan fingerprint density at radius 3 is 2.28 bits per heavy atom. The molecule has 4 unspecified atom stereocenters. The Kier molecular flexibility index (Phi) is 6.56. The number of benzene rings is 1. The molecular formula is C19H29N3O3. The SMILES string of the molecule is CC1CN(C(=O)c2ccc(CNC(=O)C(C)C(C)N)cc2)CC(C)O1. The smallest absolute Gasteiger partial charge is 0.254 e. The highest BCUT2D eigenvalue weighted by Gasteiger charge is 2.26. The van der Waals surface area contributed by atoms with Gasteiger partial charge in [0.25, 0.3) is 5.91 Å². The molecule has 0 radical (unpaired) electrons. The predicted octanol–water partition coefficient (Wildman–Crippen LogP) is 1.54. The molecule has 0 aromatic heterocycles. The highest BCUT2D eigenvalue weighted by Crippen LogP contribution is 2.15. The fourth-order valence-corrected chi connectivity index (χ4v) is 2.88. The molecule has 1 aliphatic heterocycles. The predicted molar refractivity (Wildman–Crippen MR) is 97.0 cm³/mol. The van der Waals surface area contributed by atoms with Gasteiger partial charge in [-0.25, -0.2) is 0 Å². The molecule has 1 aromatic rings. The number of carbonyl (C=O) groups excluding carboxylic acids is 2. The molecule has 2 rings (SSSR count). The molecule has 25 heavy (non-hydrogen) atoms. The van der Waals surface area contributed by atoms with Crippen molar-refractivity contribution in [1.82, 2.24) is 10.2 Å². The van der Waals surface area contributed by atoms with E-state index >= 15 is 0 Å². The largest absolute Gasteiger partial charge is 0.372 e. The number of hydrogen-bond donors (Lipinski definition) is 2. The molecule has 0 bridgehead atoms. The van der Waals surface area contributed by atoms with Crippen molar-refractivity contribution in [1.29, 1.82) is 0 Å². The van der Waals surface area contributed by atoms with Crippen LogP contribution in [0.2, 0.25) is 0 Å². The van der Waals surface area contributed by atoms with E-state index in [1.807, 2.05) is 56.9 Å². The Morgan fingerprint density at radius 2 is 1.76 bits per heavy atom. The first-order chi connectivity index (χ1) is 11.8. The lowest BCUT2D eigenvalue weighted by molar-refractivity contribution is -0.125. The molecule has 138 valence electrons. The van der Waals surface area contributed by atoms with Crippen molar-refractivity contribution < 1.29 is 14.3 Å². The summed E-state index contributed by atoms with van der Waals surface area (Å²) in [6.07, 6.45) is 0.100. The van der Waals surface area contributed by atoms with Crippen LogP contribution >= 0.6 is 0 Å². The van der Waals surface area contributed by atoms with Crippen LogP contribution in [-0.2, 0) is 16.1 Å². The third-order valence-electron chi connectivity index (χ3n) is 4.58. The van der Waals surface area contributed by atoms with Gasteiger partial charge < -0.3 is 20.7 Å². The number of rotatable bonds is 5. The first-order valence-corrected chi connectivity index (χ1v) is 8.85. The number of hydrogen-bond acceptors (Lipinski definition) is 4. The number of morpholine rings is 1. The highest BCUT2D eigenvalue weighted by molar-refractivity contribution is 5.94. The number of nitrogens with zero attached hydrogens (tertiary/aromatic N) is 1. The van der Waals surface area contributed by atoms with E-state index < -0.39 is 0 Å². The van der Waals surface area contributed by atoms with Crippen LogP contribution in [0.4, 0.5) is 0 Å². The molecule has 1 heterocycles. The van der Waals surface area contributed by atoms with Gasteiger partial charge in [0.05, 0.1) is 12.2 Å². The first kappa shape index (κ1) is 19.4. The Balaban J connectivity index is 1.93. The van der Waals surface area contributed by atoms with Crippen LogP contribution in [-0.4, -0.2) is 48.1 Å². The van der Waals surface area contributed by atoms with Gasteiger partial charge in [0.15, 0.2) is 0 Å². The van der Waals surface area contributed by atoms with Crippen LogP contribution in [0.15, 0.2) is 24.3 Å². The summed E-state index contributed by atoms with van der Waals surface area (Å²) < 4.78 is 5.67. The van der Waals surface area contributed by atoms with Crippen molar-refractivity contribution in [2.24, 2.45) is 11.7 Å². The lowest BCUT2D eigenvalue weighted by Gasteiger charge is -2.35. The lowest BCUT2D eigenvalue weighted by Crippen LogP contribution is -2.48. The molecule has 0 aliphatic carbocycles. The third kappa shape index (κ3) is 5.28. The van der Waals surface area contributed by atoms with E-state index in [2.05, 4.69) is 5.32 Å². The molecule has 1 aliphatic rings. The molecule has 1 saturated heterocycles. The Hall–Kier alpha value is -1.92. The number of nitrogens with one attached hydrogen (secondary N) is 1. The molecule has 1 fully saturated rings. The minimum absolute atomic E-state index is 0.0168. The average Bonchev–Trinajstić information content (AvgIpc) is 2.57. The summed E-state index contributed by atoms with van der Waals surface area (Å²) in [5, 5.41) is 2.87. The second-order valence-corrected chi connectivity index (χ2v) is 7.03. The van der Waals surface area contributed by atoms with Gasteiger partial charge in [0.2, 0.25) is 5.91 Å². The molecule has 3 N–H and O–H groups in total. The Bertz CT molecular complexity index is 590. The van der Waals surface area contributed by atoms with E-state index in [1.54, 1.807) is 0 Å². The van der Waals surface area contributed by atoms with Crippen molar-refractivity contribution in [2.75, 3.05) is 13.1 Å². The van der Waals surface area contributed by atoms with Crippen LogP contribution in [0.3, 0.4) is 0 Å². The van der Waals surface area contributed by atoms with E-state index in [9.17, 15) is 9.59 Å². The van der Waals surface area contributed by atoms with Crippen molar-refractivity contribution >= 4 is 11.8 Å². The van der Waals surface area contributed by atoms with Gasteiger partial charge in [-0.1, -0.05) is 19.1 Å². The fraction of sp³-hybridized carbons (Fsp3) is 0.579. The van der Waals surface area contributed by atoms with E-state index in [0.717, 1.165) is 5.56 Å². The summed E-state index contributed by atoms with van der Waals surface area (Å²) in [5.74, 6) is -0.277. The van der Waals surface area contributed by atoms with Crippen molar-refractivity contribution in [2.45, 2.75) is 52.5 Å². The van der Waals surface area contributed by atoms with Crippen molar-refractivity contribution in [3.63, 3.8) is 0 Å². The maximum Gasteiger partial charge on any atom is 0.254 e. The van der Waals surface area contributed by atoms with Crippen molar-refractivity contribution in [3.05, 3.63) is 35.4 Å². The minimum Gasteiger partial charge on any atom is -0.372 e. The molecule has 1 aromatic carbocycles. The summed E-state index contributed by atoms with van der Waals surface area (Å²) in [5.41, 5.74) is 7.34. The standard InChI is InChI=1S/C19H29N3O3/c1-12-10-22(11-13(2)25-12)19(24)17-7-5-16(6-8-17)9-21-18(23)14(3)15(4)20/h5-8,12-15H,9-11,20H2,1-4H3,(H,21,23). The fourth-order valence-electron chi connectivity index (χ4n) is 2.88. The Morgan fingerprint density at radius 1 is 1.20 bits per heavy atom. The number of nitrogens with two attached hydrogens (primary N) is 1. The van der Waals surface area contributed by atoms with Gasteiger partial charge in [-0.3, -0.25) is 9.59 Å². The number of ether oxygens (including phenoxy) is 1. The molecule has 6 nitrogen and oxygen atoms in total. The van der Waals surface area contributed by atoms with E-state index in [0.29, 0.717) is 25.2 Å². The highest BCUT2D eigenvalue weighted by atomic mass is 16.5. The van der Waals surface area contributed by atoms with Gasteiger partial charge in [0.1, 0.15) is 0 Å². The third-order valence-corrected chi connectivity index (χ3v) is 4.58. The quantitative estimate of drug-likeness (QED) is 0.846. The summed E-state index contributed by atoms with van der Waals surface area (Å²) in [6.45, 7) is 9.22. The second kappa shape index (κ2) is 8.45. The molecular weight excluding hydrogens is 318 g/mol. The van der Waals surface area contributed by atoms with E-state index in [4.69, 9.17) is 10.5 Å². The van der Waals surface area contributed by atoms with E-state index in [1.165, 1.54) is 0 Å². The van der Waals surface area contributed by atoms with Crippen LogP contribution in [0, 0.1) is 5.92 Å². The van der Waals surface area contributed by atoms with E-state index in [-0.39, 0.29) is 36.0 Å². The van der Waals surface area contributed by atoms with Gasteiger partial charge in [-0.05, 0) is 38.5 Å². The van der Waals surface area contributed by atoms with Gasteiger partial charge in [-0.2, -0.15) is 0 Å². The normalized spacial score (nSPS) is 23.0. The molecule has 2 amide bonds.